The molecule has 0 saturated carbocycles. The maximum Gasteiger partial charge on any atom is 0.255 e. The van der Waals surface area contributed by atoms with E-state index in [1.54, 1.807) is 10.9 Å². The summed E-state index contributed by atoms with van der Waals surface area (Å²) in [6.07, 6.45) is 1.76. The molecule has 1 amide bonds. The molecule has 0 bridgehead atoms. The van der Waals surface area contributed by atoms with Gasteiger partial charge in [-0.1, -0.05) is 60.2 Å². The van der Waals surface area contributed by atoms with Crippen LogP contribution in [-0.2, 0) is 6.54 Å². The number of amides is 1. The first kappa shape index (κ1) is 16.9. The van der Waals surface area contributed by atoms with Crippen molar-refractivity contribution in [3.63, 3.8) is 0 Å². The van der Waals surface area contributed by atoms with Crippen molar-refractivity contribution < 1.29 is 9.90 Å². The number of carbonyl (C=O) groups is 1. The zero-order chi connectivity index (χ0) is 17.6. The number of benzene rings is 2. The number of aliphatic hydroxyl groups is 1. The second-order valence-electron chi connectivity index (χ2n) is 5.92. The van der Waals surface area contributed by atoms with Crippen LogP contribution in [0.5, 0.6) is 0 Å². The van der Waals surface area contributed by atoms with Gasteiger partial charge in [0.2, 0.25) is 0 Å². The molecule has 0 spiro atoms. The van der Waals surface area contributed by atoms with Crippen LogP contribution in [-0.4, -0.2) is 33.9 Å². The monoisotopic (exact) mass is 335 g/mol. The number of aromatic nitrogens is 2. The molecule has 0 aliphatic heterocycles. The molecule has 3 aromatic rings. The highest BCUT2D eigenvalue weighted by molar-refractivity contribution is 5.99. The molecule has 0 aliphatic rings. The molecule has 5 heteroatoms. The molecule has 2 N–H and O–H groups in total. The number of aliphatic hydroxyl groups excluding tert-OH is 1. The fraction of sp³-hybridized carbons (Fsp3) is 0.200. The van der Waals surface area contributed by atoms with Crippen LogP contribution in [0.3, 0.4) is 0 Å². The minimum atomic E-state index is -0.232. The van der Waals surface area contributed by atoms with Crippen molar-refractivity contribution in [2.75, 3.05) is 13.2 Å². The van der Waals surface area contributed by atoms with Crippen molar-refractivity contribution in [3.8, 4) is 11.3 Å². The van der Waals surface area contributed by atoms with E-state index in [1.165, 1.54) is 0 Å². The van der Waals surface area contributed by atoms with E-state index >= 15 is 0 Å². The van der Waals surface area contributed by atoms with Gasteiger partial charge in [-0.15, -0.1) is 0 Å². The van der Waals surface area contributed by atoms with Crippen molar-refractivity contribution in [1.82, 2.24) is 15.1 Å². The summed E-state index contributed by atoms with van der Waals surface area (Å²) in [6.45, 7) is 2.74. The molecule has 0 radical (unpaired) electrons. The first-order valence-corrected chi connectivity index (χ1v) is 8.25. The molecule has 1 heterocycles. The molecule has 1 aromatic heterocycles. The Labute approximate surface area is 146 Å². The SMILES string of the molecule is Cc1ccc(-c2nn(Cc3ccccc3)cc2C(=O)NCCO)cc1. The summed E-state index contributed by atoms with van der Waals surface area (Å²) in [5, 5.41) is 16.3. The van der Waals surface area contributed by atoms with Crippen LogP contribution in [0.25, 0.3) is 11.3 Å². The van der Waals surface area contributed by atoms with Gasteiger partial charge in [0.05, 0.1) is 18.7 Å². The first-order chi connectivity index (χ1) is 12.2. The summed E-state index contributed by atoms with van der Waals surface area (Å²) in [5.41, 5.74) is 4.31. The van der Waals surface area contributed by atoms with Gasteiger partial charge in [-0.25, -0.2) is 0 Å². The number of nitrogens with zero attached hydrogens (tertiary/aromatic N) is 2. The second-order valence-corrected chi connectivity index (χ2v) is 5.92. The number of rotatable bonds is 6. The molecule has 25 heavy (non-hydrogen) atoms. The minimum Gasteiger partial charge on any atom is -0.395 e. The standard InChI is InChI=1S/C20H21N3O2/c1-15-7-9-17(10-8-15)19-18(20(25)21-11-12-24)14-23(22-19)13-16-5-3-2-4-6-16/h2-10,14,24H,11-13H2,1H3,(H,21,25). The van der Waals surface area contributed by atoms with Gasteiger partial charge in [-0.2, -0.15) is 5.10 Å². The summed E-state index contributed by atoms with van der Waals surface area (Å²) in [6, 6.07) is 17.9. The van der Waals surface area contributed by atoms with Gasteiger partial charge in [0.15, 0.2) is 0 Å². The normalized spacial score (nSPS) is 10.6. The molecule has 5 nitrogen and oxygen atoms in total. The van der Waals surface area contributed by atoms with Crippen molar-refractivity contribution in [2.24, 2.45) is 0 Å². The maximum absolute atomic E-state index is 12.5. The molecule has 2 aromatic carbocycles. The minimum absolute atomic E-state index is 0.0935. The maximum atomic E-state index is 12.5. The van der Waals surface area contributed by atoms with Gasteiger partial charge >= 0.3 is 0 Å². The van der Waals surface area contributed by atoms with Crippen molar-refractivity contribution in [3.05, 3.63) is 77.5 Å². The van der Waals surface area contributed by atoms with E-state index in [2.05, 4.69) is 10.4 Å². The van der Waals surface area contributed by atoms with Crippen LogP contribution in [0.2, 0.25) is 0 Å². The van der Waals surface area contributed by atoms with E-state index in [0.717, 1.165) is 16.7 Å². The lowest BCUT2D eigenvalue weighted by Crippen LogP contribution is -2.26. The first-order valence-electron chi connectivity index (χ1n) is 8.25. The fourth-order valence-electron chi connectivity index (χ4n) is 2.63. The molecule has 0 fully saturated rings. The third kappa shape index (κ3) is 4.14. The lowest BCUT2D eigenvalue weighted by atomic mass is 10.1. The zero-order valence-corrected chi connectivity index (χ0v) is 14.1. The highest BCUT2D eigenvalue weighted by Gasteiger charge is 2.17. The van der Waals surface area contributed by atoms with Crippen LogP contribution in [0.15, 0.2) is 60.8 Å². The van der Waals surface area contributed by atoms with Crippen molar-refractivity contribution in [1.29, 1.82) is 0 Å². The zero-order valence-electron chi connectivity index (χ0n) is 14.1. The van der Waals surface area contributed by atoms with Crippen LogP contribution in [0.4, 0.5) is 0 Å². The quantitative estimate of drug-likeness (QED) is 0.728. The fourth-order valence-corrected chi connectivity index (χ4v) is 2.63. The Morgan fingerprint density at radius 2 is 1.84 bits per heavy atom. The van der Waals surface area contributed by atoms with Gasteiger partial charge in [-0.05, 0) is 12.5 Å². The van der Waals surface area contributed by atoms with Crippen LogP contribution >= 0.6 is 0 Å². The third-order valence-electron chi connectivity index (χ3n) is 3.92. The van der Waals surface area contributed by atoms with E-state index in [1.807, 2.05) is 61.5 Å². The number of nitrogens with one attached hydrogen (secondary N) is 1. The number of carbonyl (C=O) groups excluding carboxylic acids is 1. The molecule has 0 unspecified atom stereocenters. The summed E-state index contributed by atoms with van der Waals surface area (Å²) in [4.78, 5) is 12.5. The molecular weight excluding hydrogens is 314 g/mol. The lowest BCUT2D eigenvalue weighted by molar-refractivity contribution is 0.0945. The highest BCUT2D eigenvalue weighted by atomic mass is 16.3. The number of hydrogen-bond acceptors (Lipinski definition) is 3. The molecule has 128 valence electrons. The van der Waals surface area contributed by atoms with E-state index < -0.39 is 0 Å². The molecule has 0 atom stereocenters. The summed E-state index contributed by atoms with van der Waals surface area (Å²) >= 11 is 0. The Morgan fingerprint density at radius 1 is 1.12 bits per heavy atom. The summed E-state index contributed by atoms with van der Waals surface area (Å²) in [7, 11) is 0. The Bertz CT molecular complexity index is 839. The molecule has 0 aliphatic carbocycles. The van der Waals surface area contributed by atoms with Gasteiger partial charge in [0, 0.05) is 18.3 Å². The van der Waals surface area contributed by atoms with Gasteiger partial charge < -0.3 is 10.4 Å². The summed E-state index contributed by atoms with van der Waals surface area (Å²) in [5.74, 6) is -0.232. The van der Waals surface area contributed by atoms with Crippen molar-refractivity contribution >= 4 is 5.91 Å². The largest absolute Gasteiger partial charge is 0.395 e. The Balaban J connectivity index is 1.95. The summed E-state index contributed by atoms with van der Waals surface area (Å²) < 4.78 is 1.78. The number of aryl methyl sites for hydroxylation is 1. The molecule has 0 saturated heterocycles. The Kier molecular flexibility index (Phi) is 5.26. The highest BCUT2D eigenvalue weighted by Crippen LogP contribution is 2.23. The molecular formula is C20H21N3O2. The van der Waals surface area contributed by atoms with E-state index in [0.29, 0.717) is 17.8 Å². The predicted molar refractivity (Wildman–Crippen MR) is 97.4 cm³/mol. The van der Waals surface area contributed by atoms with Crippen LogP contribution < -0.4 is 5.32 Å². The topological polar surface area (TPSA) is 67.2 Å². The molecule has 3 rings (SSSR count). The lowest BCUT2D eigenvalue weighted by Gasteiger charge is -2.04. The van der Waals surface area contributed by atoms with Crippen LogP contribution in [0.1, 0.15) is 21.5 Å². The van der Waals surface area contributed by atoms with Crippen molar-refractivity contribution in [2.45, 2.75) is 13.5 Å². The second kappa shape index (κ2) is 7.77. The van der Waals surface area contributed by atoms with Gasteiger partial charge in [0.25, 0.3) is 5.91 Å². The van der Waals surface area contributed by atoms with Crippen LogP contribution in [0, 0.1) is 6.92 Å². The van der Waals surface area contributed by atoms with Gasteiger partial charge in [0.1, 0.15) is 5.69 Å². The predicted octanol–water partition coefficient (Wildman–Crippen LogP) is 2.63. The van der Waals surface area contributed by atoms with E-state index in [-0.39, 0.29) is 19.1 Å². The average Bonchev–Trinajstić information content (AvgIpc) is 3.05. The third-order valence-corrected chi connectivity index (χ3v) is 3.92. The Morgan fingerprint density at radius 3 is 2.52 bits per heavy atom. The average molecular weight is 335 g/mol. The van der Waals surface area contributed by atoms with Gasteiger partial charge in [-0.3, -0.25) is 9.48 Å². The van der Waals surface area contributed by atoms with E-state index in [4.69, 9.17) is 5.11 Å². The smallest absolute Gasteiger partial charge is 0.255 e. The number of hydrogen-bond donors (Lipinski definition) is 2. The van der Waals surface area contributed by atoms with E-state index in [9.17, 15) is 4.79 Å². The Hall–Kier alpha value is -2.92.